The van der Waals surface area contributed by atoms with Crippen LogP contribution >= 0.6 is 0 Å². The average molecular weight is 491 g/mol. The number of nitrogens with one attached hydrogen (secondary N) is 1. The molecule has 6 nitrogen and oxygen atoms in total. The Morgan fingerprint density at radius 3 is 2.47 bits per heavy atom. The fourth-order valence-corrected chi connectivity index (χ4v) is 5.81. The van der Waals surface area contributed by atoms with Gasteiger partial charge in [0.2, 0.25) is 0 Å². The lowest BCUT2D eigenvalue weighted by atomic mass is 9.72. The van der Waals surface area contributed by atoms with Crippen LogP contribution in [0, 0.1) is 5.82 Å². The zero-order chi connectivity index (χ0) is 25.3. The molecule has 1 spiro atoms. The molecule has 5 rings (SSSR count). The topological polar surface area (TPSA) is 71.0 Å². The van der Waals surface area contributed by atoms with E-state index in [4.69, 9.17) is 9.47 Å². The van der Waals surface area contributed by atoms with E-state index in [2.05, 4.69) is 16.3 Å². The SMILES string of the molecule is COc1cc(CN2CCC3(CC2)c2ccccc2[C@@H](NC(=O)c2ccccc2OC)[C@@H]3O)ccc1F. The standard InChI is InChI=1S/C29H31FN2O4/c1-35-24-10-6-4-8-21(24)28(34)31-26-20-7-3-5-9-22(20)29(27(26)33)13-15-32(16-14-29)18-19-11-12-23(30)25(17-19)36-2/h3-12,17,26-27,33H,13-16,18H2,1-2H3,(H,31,34)/t26-,27+/m1/s1. The highest BCUT2D eigenvalue weighted by Crippen LogP contribution is 2.51. The predicted molar refractivity (Wildman–Crippen MR) is 135 cm³/mol. The molecule has 1 fully saturated rings. The summed E-state index contributed by atoms with van der Waals surface area (Å²) < 4.78 is 24.3. The van der Waals surface area contributed by atoms with Gasteiger partial charge < -0.3 is 19.9 Å². The van der Waals surface area contributed by atoms with Crippen molar-refractivity contribution in [3.8, 4) is 11.5 Å². The number of halogens is 1. The number of carbonyl (C=O) groups is 1. The minimum absolute atomic E-state index is 0.245. The first-order valence-electron chi connectivity index (χ1n) is 12.2. The van der Waals surface area contributed by atoms with Gasteiger partial charge in [-0.3, -0.25) is 9.69 Å². The summed E-state index contributed by atoms with van der Waals surface area (Å²) in [6.07, 6.45) is 0.761. The van der Waals surface area contributed by atoms with Gasteiger partial charge in [0.25, 0.3) is 5.91 Å². The smallest absolute Gasteiger partial charge is 0.255 e. The number of ether oxygens (including phenoxy) is 2. The molecule has 1 aliphatic heterocycles. The predicted octanol–water partition coefficient (Wildman–Crippen LogP) is 4.22. The third-order valence-corrected chi connectivity index (χ3v) is 7.72. The van der Waals surface area contributed by atoms with Gasteiger partial charge in [0.1, 0.15) is 5.75 Å². The van der Waals surface area contributed by atoms with Gasteiger partial charge in [-0.1, -0.05) is 42.5 Å². The molecule has 0 radical (unpaired) electrons. The second-order valence-electron chi connectivity index (χ2n) is 9.58. The van der Waals surface area contributed by atoms with Crippen LogP contribution in [-0.2, 0) is 12.0 Å². The molecule has 0 saturated carbocycles. The van der Waals surface area contributed by atoms with Crippen molar-refractivity contribution < 1.29 is 23.8 Å². The van der Waals surface area contributed by atoms with E-state index in [9.17, 15) is 14.3 Å². The van der Waals surface area contributed by atoms with Crippen molar-refractivity contribution in [3.05, 3.63) is 94.8 Å². The fourth-order valence-electron chi connectivity index (χ4n) is 5.81. The van der Waals surface area contributed by atoms with Crippen LogP contribution in [0.5, 0.6) is 11.5 Å². The van der Waals surface area contributed by atoms with Crippen molar-refractivity contribution in [1.82, 2.24) is 10.2 Å². The first kappa shape index (κ1) is 24.3. The van der Waals surface area contributed by atoms with E-state index in [1.165, 1.54) is 20.3 Å². The monoisotopic (exact) mass is 490 g/mol. The van der Waals surface area contributed by atoms with Gasteiger partial charge in [-0.2, -0.15) is 0 Å². The van der Waals surface area contributed by atoms with Gasteiger partial charge in [-0.25, -0.2) is 4.39 Å². The Balaban J connectivity index is 1.34. The second-order valence-corrected chi connectivity index (χ2v) is 9.58. The van der Waals surface area contributed by atoms with Crippen molar-refractivity contribution in [3.63, 3.8) is 0 Å². The third kappa shape index (κ3) is 4.22. The van der Waals surface area contributed by atoms with E-state index in [1.54, 1.807) is 30.3 Å². The van der Waals surface area contributed by atoms with Crippen LogP contribution in [0.2, 0.25) is 0 Å². The second kappa shape index (κ2) is 9.91. The number of para-hydroxylation sites is 1. The number of carbonyl (C=O) groups excluding carboxylic acids is 1. The Morgan fingerprint density at radius 1 is 1.03 bits per heavy atom. The number of hydrogen-bond acceptors (Lipinski definition) is 5. The van der Waals surface area contributed by atoms with Crippen LogP contribution in [-0.4, -0.2) is 49.3 Å². The molecule has 1 amide bonds. The van der Waals surface area contributed by atoms with Crippen LogP contribution in [0.1, 0.15) is 45.9 Å². The van der Waals surface area contributed by atoms with E-state index >= 15 is 0 Å². The number of aliphatic hydroxyl groups is 1. The van der Waals surface area contributed by atoms with E-state index in [0.29, 0.717) is 17.9 Å². The maximum absolute atomic E-state index is 13.8. The highest BCUT2D eigenvalue weighted by Gasteiger charge is 2.53. The van der Waals surface area contributed by atoms with Crippen molar-refractivity contribution in [2.45, 2.75) is 36.9 Å². The lowest BCUT2D eigenvalue weighted by Gasteiger charge is -2.43. The maximum Gasteiger partial charge on any atom is 0.255 e. The van der Waals surface area contributed by atoms with Crippen LogP contribution < -0.4 is 14.8 Å². The summed E-state index contributed by atoms with van der Waals surface area (Å²) >= 11 is 0. The minimum Gasteiger partial charge on any atom is -0.496 e. The first-order valence-corrected chi connectivity index (χ1v) is 12.2. The zero-order valence-electron chi connectivity index (χ0n) is 20.5. The normalized spacial score (nSPS) is 20.7. The summed E-state index contributed by atoms with van der Waals surface area (Å²) in [7, 11) is 3.01. The molecule has 3 aromatic rings. The Kier molecular flexibility index (Phi) is 6.69. The maximum atomic E-state index is 13.8. The molecule has 36 heavy (non-hydrogen) atoms. The number of methoxy groups -OCH3 is 2. The van der Waals surface area contributed by atoms with Crippen LogP contribution in [0.3, 0.4) is 0 Å². The van der Waals surface area contributed by atoms with Crippen LogP contribution in [0.25, 0.3) is 0 Å². The number of piperidine rings is 1. The van der Waals surface area contributed by atoms with Gasteiger partial charge in [-0.05, 0) is 66.9 Å². The number of fused-ring (bicyclic) bond motifs is 2. The van der Waals surface area contributed by atoms with Crippen LogP contribution in [0.4, 0.5) is 4.39 Å². The number of amides is 1. The number of aliphatic hydroxyl groups excluding tert-OH is 1. The van der Waals surface area contributed by atoms with E-state index < -0.39 is 17.6 Å². The Bertz CT molecular complexity index is 1260. The molecule has 2 N–H and O–H groups in total. The summed E-state index contributed by atoms with van der Waals surface area (Å²) in [5.41, 5.74) is 3.05. The summed E-state index contributed by atoms with van der Waals surface area (Å²) in [6, 6.07) is 19.6. The van der Waals surface area contributed by atoms with Gasteiger partial charge in [-0.15, -0.1) is 0 Å². The summed E-state index contributed by atoms with van der Waals surface area (Å²) in [4.78, 5) is 15.5. The summed E-state index contributed by atoms with van der Waals surface area (Å²) in [5.74, 6) is 0.0998. The average Bonchev–Trinajstić information content (AvgIpc) is 3.13. The highest BCUT2D eigenvalue weighted by atomic mass is 19.1. The number of likely N-dealkylation sites (tertiary alicyclic amines) is 1. The molecule has 2 atom stereocenters. The van der Waals surface area contributed by atoms with Gasteiger partial charge in [0.05, 0.1) is 31.9 Å². The molecule has 7 heteroatoms. The molecule has 1 heterocycles. The molecule has 2 aliphatic rings. The molecule has 1 aliphatic carbocycles. The Morgan fingerprint density at radius 2 is 1.72 bits per heavy atom. The van der Waals surface area contributed by atoms with Crippen molar-refractivity contribution >= 4 is 5.91 Å². The Hall–Kier alpha value is -3.42. The molecule has 188 valence electrons. The van der Waals surface area contributed by atoms with E-state index in [1.807, 2.05) is 24.3 Å². The quantitative estimate of drug-likeness (QED) is 0.542. The van der Waals surface area contributed by atoms with Crippen molar-refractivity contribution in [2.24, 2.45) is 0 Å². The first-order chi connectivity index (χ1) is 17.5. The van der Waals surface area contributed by atoms with Gasteiger partial charge in [0.15, 0.2) is 11.6 Å². The largest absolute Gasteiger partial charge is 0.496 e. The van der Waals surface area contributed by atoms with E-state index in [-0.39, 0.29) is 17.5 Å². The van der Waals surface area contributed by atoms with E-state index in [0.717, 1.165) is 42.6 Å². The molecule has 0 unspecified atom stereocenters. The highest BCUT2D eigenvalue weighted by molar-refractivity contribution is 5.97. The number of rotatable bonds is 6. The molecule has 3 aromatic carbocycles. The molecular formula is C29H31FN2O4. The van der Waals surface area contributed by atoms with Gasteiger partial charge >= 0.3 is 0 Å². The summed E-state index contributed by atoms with van der Waals surface area (Å²) in [5, 5.41) is 14.7. The molecule has 1 saturated heterocycles. The van der Waals surface area contributed by atoms with Gasteiger partial charge in [0, 0.05) is 12.0 Å². The molecular weight excluding hydrogens is 459 g/mol. The fraction of sp³-hybridized carbons (Fsp3) is 0.345. The molecule has 0 aromatic heterocycles. The summed E-state index contributed by atoms with van der Waals surface area (Å²) in [6.45, 7) is 2.23. The zero-order valence-corrected chi connectivity index (χ0v) is 20.5. The molecule has 0 bridgehead atoms. The lowest BCUT2D eigenvalue weighted by Crippen LogP contribution is -2.49. The third-order valence-electron chi connectivity index (χ3n) is 7.72. The lowest BCUT2D eigenvalue weighted by molar-refractivity contribution is 0.0192. The minimum atomic E-state index is -0.748. The number of hydrogen-bond donors (Lipinski definition) is 2. The van der Waals surface area contributed by atoms with Crippen molar-refractivity contribution in [2.75, 3.05) is 27.3 Å². The number of nitrogens with zero attached hydrogens (tertiary/aromatic N) is 1. The van der Waals surface area contributed by atoms with Crippen LogP contribution in [0.15, 0.2) is 66.7 Å². The Labute approximate surface area is 210 Å². The number of benzene rings is 3. The van der Waals surface area contributed by atoms with Crippen molar-refractivity contribution in [1.29, 1.82) is 0 Å².